The van der Waals surface area contributed by atoms with Gasteiger partial charge in [0.2, 0.25) is 0 Å². The first kappa shape index (κ1) is 18.4. The van der Waals surface area contributed by atoms with Crippen molar-refractivity contribution in [3.8, 4) is 11.8 Å². The van der Waals surface area contributed by atoms with Gasteiger partial charge in [-0.25, -0.2) is 12.8 Å². The molecule has 0 fully saturated rings. The molecule has 6 nitrogen and oxygen atoms in total. The normalized spacial score (nSPS) is 12.1. The lowest BCUT2D eigenvalue weighted by molar-refractivity contribution is -0.122. The average molecular weight is 362 g/mol. The van der Waals surface area contributed by atoms with Crippen molar-refractivity contribution in [1.29, 1.82) is 5.26 Å². The molecule has 0 bridgehead atoms. The minimum Gasteiger partial charge on any atom is -0.481 e. The molecule has 0 aliphatic heterocycles. The summed E-state index contributed by atoms with van der Waals surface area (Å²) in [6, 6.07) is 11.2. The number of ether oxygens (including phenoxy) is 1. The van der Waals surface area contributed by atoms with Gasteiger partial charge in [0.25, 0.3) is 5.91 Å². The number of carbonyl (C=O) groups is 1. The van der Waals surface area contributed by atoms with Crippen LogP contribution in [0.3, 0.4) is 0 Å². The quantitative estimate of drug-likeness (QED) is 0.825. The van der Waals surface area contributed by atoms with E-state index in [2.05, 4.69) is 5.32 Å². The molecular weight excluding hydrogens is 347 g/mol. The van der Waals surface area contributed by atoms with Crippen LogP contribution in [0.15, 0.2) is 47.4 Å². The summed E-state index contributed by atoms with van der Waals surface area (Å²) in [6.07, 6.45) is 0.0249. The second-order valence-electron chi connectivity index (χ2n) is 5.30. The minimum atomic E-state index is -3.53. The van der Waals surface area contributed by atoms with Gasteiger partial charge < -0.3 is 10.1 Å². The van der Waals surface area contributed by atoms with Crippen LogP contribution in [-0.4, -0.2) is 26.7 Å². The van der Waals surface area contributed by atoms with Gasteiger partial charge in [0.15, 0.2) is 15.9 Å². The highest BCUT2D eigenvalue weighted by molar-refractivity contribution is 7.90. The standard InChI is InChI=1S/C17H15FN2O4S/c1-11(24-13-5-3-12(10-19)4-6-13)17(21)20-16-9-14(25(2,22)23)7-8-15(16)18/h3-9,11H,1-2H3,(H,20,21). The molecule has 2 aromatic rings. The zero-order valence-electron chi connectivity index (χ0n) is 13.5. The van der Waals surface area contributed by atoms with Gasteiger partial charge in [-0.1, -0.05) is 0 Å². The SMILES string of the molecule is CC(Oc1ccc(C#N)cc1)C(=O)Nc1cc(S(C)(=O)=O)ccc1F. The van der Waals surface area contributed by atoms with Crippen LogP contribution in [-0.2, 0) is 14.6 Å². The number of amides is 1. The molecule has 0 aliphatic carbocycles. The van der Waals surface area contributed by atoms with Gasteiger partial charge in [-0.05, 0) is 49.4 Å². The van der Waals surface area contributed by atoms with Crippen molar-refractivity contribution < 1.29 is 22.3 Å². The first-order valence-corrected chi connectivity index (χ1v) is 9.07. The van der Waals surface area contributed by atoms with E-state index in [0.717, 1.165) is 24.5 Å². The van der Waals surface area contributed by atoms with Crippen LogP contribution in [0.5, 0.6) is 5.75 Å². The van der Waals surface area contributed by atoms with Gasteiger partial charge in [0, 0.05) is 6.26 Å². The fraction of sp³-hybridized carbons (Fsp3) is 0.176. The van der Waals surface area contributed by atoms with Gasteiger partial charge >= 0.3 is 0 Å². The molecule has 0 heterocycles. The summed E-state index contributed by atoms with van der Waals surface area (Å²) in [6.45, 7) is 1.46. The Morgan fingerprint density at radius 2 is 1.88 bits per heavy atom. The molecule has 2 rings (SSSR count). The summed E-state index contributed by atoms with van der Waals surface area (Å²) in [7, 11) is -3.53. The Hall–Kier alpha value is -2.92. The third-order valence-electron chi connectivity index (χ3n) is 3.29. The van der Waals surface area contributed by atoms with Crippen molar-refractivity contribution in [1.82, 2.24) is 0 Å². The van der Waals surface area contributed by atoms with Crippen LogP contribution in [0.2, 0.25) is 0 Å². The maximum Gasteiger partial charge on any atom is 0.265 e. The van der Waals surface area contributed by atoms with Crippen LogP contribution in [0.4, 0.5) is 10.1 Å². The summed E-state index contributed by atoms with van der Waals surface area (Å²) in [5.74, 6) is -1.03. The maximum absolute atomic E-state index is 13.8. The lowest BCUT2D eigenvalue weighted by Crippen LogP contribution is -2.30. The van der Waals surface area contributed by atoms with Gasteiger partial charge in [0.1, 0.15) is 11.6 Å². The molecule has 0 aromatic heterocycles. The minimum absolute atomic E-state index is 0.107. The molecule has 25 heavy (non-hydrogen) atoms. The average Bonchev–Trinajstić information content (AvgIpc) is 2.56. The fourth-order valence-electron chi connectivity index (χ4n) is 1.93. The lowest BCUT2D eigenvalue weighted by Gasteiger charge is -2.15. The molecular formula is C17H15FN2O4S. The molecule has 0 radical (unpaired) electrons. The number of anilines is 1. The molecule has 0 saturated carbocycles. The first-order chi connectivity index (χ1) is 11.7. The van der Waals surface area contributed by atoms with Crippen LogP contribution >= 0.6 is 0 Å². The highest BCUT2D eigenvalue weighted by atomic mass is 32.2. The third kappa shape index (κ3) is 4.78. The predicted molar refractivity (Wildman–Crippen MR) is 89.4 cm³/mol. The molecule has 0 saturated heterocycles. The zero-order valence-corrected chi connectivity index (χ0v) is 14.3. The molecule has 130 valence electrons. The molecule has 0 aliphatic rings. The van der Waals surface area contributed by atoms with Crippen molar-refractivity contribution in [3.63, 3.8) is 0 Å². The fourth-order valence-corrected chi connectivity index (χ4v) is 2.58. The lowest BCUT2D eigenvalue weighted by atomic mass is 10.2. The Balaban J connectivity index is 2.11. The summed E-state index contributed by atoms with van der Waals surface area (Å²) in [5.41, 5.74) is 0.201. The predicted octanol–water partition coefficient (Wildman–Crippen LogP) is 2.51. The summed E-state index contributed by atoms with van der Waals surface area (Å²) in [4.78, 5) is 12.0. The van der Waals surface area contributed by atoms with Crippen LogP contribution in [0.25, 0.3) is 0 Å². The van der Waals surface area contributed by atoms with E-state index < -0.39 is 27.7 Å². The molecule has 1 amide bonds. The second-order valence-corrected chi connectivity index (χ2v) is 7.32. The van der Waals surface area contributed by atoms with E-state index >= 15 is 0 Å². The van der Waals surface area contributed by atoms with Gasteiger partial charge in [-0.2, -0.15) is 5.26 Å². The van der Waals surface area contributed by atoms with E-state index in [-0.39, 0.29) is 10.6 Å². The Morgan fingerprint density at radius 1 is 1.24 bits per heavy atom. The Labute approximate surface area is 144 Å². The smallest absolute Gasteiger partial charge is 0.265 e. The Kier molecular flexibility index (Phi) is 5.39. The number of sulfone groups is 1. The van der Waals surface area contributed by atoms with Gasteiger partial charge in [0.05, 0.1) is 22.2 Å². The first-order valence-electron chi connectivity index (χ1n) is 7.18. The largest absolute Gasteiger partial charge is 0.481 e. The number of nitrogens with zero attached hydrogens (tertiary/aromatic N) is 1. The number of halogens is 1. The molecule has 0 spiro atoms. The van der Waals surface area contributed by atoms with Crippen LogP contribution in [0.1, 0.15) is 12.5 Å². The number of hydrogen-bond donors (Lipinski definition) is 1. The Bertz CT molecular complexity index is 934. The second kappa shape index (κ2) is 7.32. The maximum atomic E-state index is 13.8. The van der Waals surface area contributed by atoms with Gasteiger partial charge in [-0.15, -0.1) is 0 Å². The number of carbonyl (C=O) groups excluding carboxylic acids is 1. The zero-order chi connectivity index (χ0) is 18.6. The topological polar surface area (TPSA) is 96.3 Å². The van der Waals surface area contributed by atoms with Crippen molar-refractivity contribution in [2.45, 2.75) is 17.9 Å². The van der Waals surface area contributed by atoms with Crippen LogP contribution in [0, 0.1) is 17.1 Å². The van der Waals surface area contributed by atoms with Crippen molar-refractivity contribution in [3.05, 3.63) is 53.8 Å². The monoisotopic (exact) mass is 362 g/mol. The van der Waals surface area contributed by atoms with Crippen molar-refractivity contribution in [2.24, 2.45) is 0 Å². The number of hydrogen-bond acceptors (Lipinski definition) is 5. The molecule has 1 unspecified atom stereocenters. The Morgan fingerprint density at radius 3 is 2.44 bits per heavy atom. The van der Waals surface area contributed by atoms with Crippen molar-refractivity contribution >= 4 is 21.4 Å². The number of benzene rings is 2. The van der Waals surface area contributed by atoms with Crippen LogP contribution < -0.4 is 10.1 Å². The molecule has 1 N–H and O–H groups in total. The van der Waals surface area contributed by atoms with E-state index in [9.17, 15) is 17.6 Å². The molecule has 1 atom stereocenters. The van der Waals surface area contributed by atoms with Crippen molar-refractivity contribution in [2.75, 3.05) is 11.6 Å². The van der Waals surface area contributed by atoms with E-state index in [1.807, 2.05) is 6.07 Å². The molecule has 8 heteroatoms. The summed E-state index contributed by atoms with van der Waals surface area (Å²) >= 11 is 0. The summed E-state index contributed by atoms with van der Waals surface area (Å²) in [5, 5.41) is 11.0. The highest BCUT2D eigenvalue weighted by Crippen LogP contribution is 2.20. The van der Waals surface area contributed by atoms with E-state index in [1.165, 1.54) is 31.2 Å². The van der Waals surface area contributed by atoms with Gasteiger partial charge in [-0.3, -0.25) is 4.79 Å². The highest BCUT2D eigenvalue weighted by Gasteiger charge is 2.18. The molecule has 2 aromatic carbocycles. The number of nitrogens with one attached hydrogen (secondary N) is 1. The van der Waals surface area contributed by atoms with E-state index in [4.69, 9.17) is 10.00 Å². The number of nitriles is 1. The summed E-state index contributed by atoms with van der Waals surface area (Å²) < 4.78 is 42.3. The number of rotatable bonds is 5. The third-order valence-corrected chi connectivity index (χ3v) is 4.40. The van der Waals surface area contributed by atoms with E-state index in [1.54, 1.807) is 0 Å². The van der Waals surface area contributed by atoms with E-state index in [0.29, 0.717) is 11.3 Å².